The van der Waals surface area contributed by atoms with Gasteiger partial charge in [-0.2, -0.15) is 5.26 Å². The van der Waals surface area contributed by atoms with Crippen LogP contribution in [0.1, 0.15) is 33.6 Å². The molecule has 1 aliphatic rings. The predicted molar refractivity (Wildman–Crippen MR) is 95.4 cm³/mol. The molecule has 0 aromatic carbocycles. The third-order valence-electron chi connectivity index (χ3n) is 4.45. The largest absolute Gasteiger partial charge is 0.354 e. The van der Waals surface area contributed by atoms with Crippen LogP contribution in [0.2, 0.25) is 0 Å². The van der Waals surface area contributed by atoms with Crippen LogP contribution < -0.4 is 4.90 Å². The average Bonchev–Trinajstić information content (AvgIpc) is 2.87. The molecule has 0 bridgehead atoms. The van der Waals surface area contributed by atoms with Crippen LogP contribution in [0.3, 0.4) is 0 Å². The molecule has 0 atom stereocenters. The highest BCUT2D eigenvalue weighted by Crippen LogP contribution is 2.23. The standard InChI is InChI=1S/C19H21N5O/c1-14-12-15(2)22-18(17(14)13-20)23-8-3-9-24(11-10-23)19(25)16-4-6-21-7-5-16/h4-7,12H,3,8-11H2,1-2H3. The third-order valence-corrected chi connectivity index (χ3v) is 4.45. The van der Waals surface area contributed by atoms with Gasteiger partial charge < -0.3 is 9.80 Å². The second kappa shape index (κ2) is 7.31. The predicted octanol–water partition coefficient (Wildman–Crippen LogP) is 2.32. The summed E-state index contributed by atoms with van der Waals surface area (Å²) in [6.45, 7) is 6.64. The summed E-state index contributed by atoms with van der Waals surface area (Å²) in [7, 11) is 0. The zero-order valence-corrected chi connectivity index (χ0v) is 14.6. The van der Waals surface area contributed by atoms with E-state index in [9.17, 15) is 10.1 Å². The molecule has 1 aliphatic heterocycles. The van der Waals surface area contributed by atoms with E-state index in [1.54, 1.807) is 24.5 Å². The Bertz CT molecular complexity index is 813. The van der Waals surface area contributed by atoms with E-state index in [4.69, 9.17) is 0 Å². The van der Waals surface area contributed by atoms with Crippen molar-refractivity contribution in [2.24, 2.45) is 0 Å². The van der Waals surface area contributed by atoms with E-state index in [2.05, 4.69) is 20.9 Å². The minimum Gasteiger partial charge on any atom is -0.354 e. The van der Waals surface area contributed by atoms with Crippen LogP contribution in [0.15, 0.2) is 30.6 Å². The Morgan fingerprint density at radius 3 is 2.64 bits per heavy atom. The van der Waals surface area contributed by atoms with Gasteiger partial charge in [0.25, 0.3) is 5.91 Å². The molecule has 1 saturated heterocycles. The first-order valence-electron chi connectivity index (χ1n) is 8.42. The molecule has 1 fully saturated rings. The molecule has 1 amide bonds. The van der Waals surface area contributed by atoms with Gasteiger partial charge in [-0.3, -0.25) is 9.78 Å². The fourth-order valence-electron chi connectivity index (χ4n) is 3.19. The molecule has 0 saturated carbocycles. The summed E-state index contributed by atoms with van der Waals surface area (Å²) in [6, 6.07) is 7.69. The maximum Gasteiger partial charge on any atom is 0.254 e. The van der Waals surface area contributed by atoms with Gasteiger partial charge in [-0.1, -0.05) is 0 Å². The normalized spacial score (nSPS) is 14.8. The molecule has 0 radical (unpaired) electrons. The molecule has 3 heterocycles. The molecule has 6 heteroatoms. The number of anilines is 1. The maximum absolute atomic E-state index is 12.6. The molecule has 2 aromatic heterocycles. The lowest BCUT2D eigenvalue weighted by Crippen LogP contribution is -2.35. The SMILES string of the molecule is Cc1cc(C)c(C#N)c(N2CCCN(C(=O)c3ccncc3)CC2)n1. The number of amides is 1. The molecule has 2 aromatic rings. The molecule has 0 spiro atoms. The van der Waals surface area contributed by atoms with Crippen molar-refractivity contribution in [3.63, 3.8) is 0 Å². The molecule has 128 valence electrons. The van der Waals surface area contributed by atoms with Gasteiger partial charge in [0.2, 0.25) is 0 Å². The summed E-state index contributed by atoms with van der Waals surface area (Å²) in [5.41, 5.74) is 3.13. The Hall–Kier alpha value is -2.94. The van der Waals surface area contributed by atoms with Crippen molar-refractivity contribution in [1.29, 1.82) is 5.26 Å². The number of aromatic nitrogens is 2. The first kappa shape index (κ1) is 16.9. The monoisotopic (exact) mass is 335 g/mol. The van der Waals surface area contributed by atoms with Gasteiger partial charge in [-0.05, 0) is 44.0 Å². The number of rotatable bonds is 2. The van der Waals surface area contributed by atoms with Gasteiger partial charge in [-0.25, -0.2) is 4.98 Å². The second-order valence-corrected chi connectivity index (χ2v) is 6.26. The van der Waals surface area contributed by atoms with E-state index >= 15 is 0 Å². The summed E-state index contributed by atoms with van der Waals surface area (Å²) >= 11 is 0. The van der Waals surface area contributed by atoms with Gasteiger partial charge in [0.05, 0.1) is 5.56 Å². The van der Waals surface area contributed by atoms with E-state index in [-0.39, 0.29) is 5.91 Å². The van der Waals surface area contributed by atoms with E-state index in [0.717, 1.165) is 30.0 Å². The van der Waals surface area contributed by atoms with Gasteiger partial charge in [0.1, 0.15) is 11.9 Å². The summed E-state index contributed by atoms with van der Waals surface area (Å²) in [4.78, 5) is 25.2. The van der Waals surface area contributed by atoms with Gasteiger partial charge in [-0.15, -0.1) is 0 Å². The number of hydrogen-bond donors (Lipinski definition) is 0. The molecule has 25 heavy (non-hydrogen) atoms. The maximum atomic E-state index is 12.6. The van der Waals surface area contributed by atoms with E-state index in [0.29, 0.717) is 30.8 Å². The summed E-state index contributed by atoms with van der Waals surface area (Å²) in [5, 5.41) is 9.49. The van der Waals surface area contributed by atoms with E-state index < -0.39 is 0 Å². The highest BCUT2D eigenvalue weighted by Gasteiger charge is 2.23. The van der Waals surface area contributed by atoms with Gasteiger partial charge in [0, 0.05) is 49.8 Å². The smallest absolute Gasteiger partial charge is 0.254 e. The number of nitriles is 1. The van der Waals surface area contributed by atoms with Crippen LogP contribution in [-0.4, -0.2) is 47.0 Å². The van der Waals surface area contributed by atoms with Crippen molar-refractivity contribution in [1.82, 2.24) is 14.9 Å². The molecule has 0 N–H and O–H groups in total. The number of nitrogens with zero attached hydrogens (tertiary/aromatic N) is 5. The molecule has 6 nitrogen and oxygen atoms in total. The Balaban J connectivity index is 1.79. The molecule has 3 rings (SSSR count). The zero-order valence-electron chi connectivity index (χ0n) is 14.6. The molecule has 0 unspecified atom stereocenters. The van der Waals surface area contributed by atoms with Crippen LogP contribution in [0, 0.1) is 25.2 Å². The number of hydrogen-bond acceptors (Lipinski definition) is 5. The third kappa shape index (κ3) is 3.61. The molecular weight excluding hydrogens is 314 g/mol. The van der Waals surface area contributed by atoms with Crippen molar-refractivity contribution in [3.8, 4) is 6.07 Å². The van der Waals surface area contributed by atoms with Crippen molar-refractivity contribution in [3.05, 3.63) is 53.0 Å². The summed E-state index contributed by atoms with van der Waals surface area (Å²) in [6.07, 6.45) is 4.11. The van der Waals surface area contributed by atoms with Crippen LogP contribution in [0.25, 0.3) is 0 Å². The van der Waals surface area contributed by atoms with Crippen molar-refractivity contribution >= 4 is 11.7 Å². The number of carbonyl (C=O) groups excluding carboxylic acids is 1. The minimum absolute atomic E-state index is 0.0261. The molecule has 0 aliphatic carbocycles. The Kier molecular flexibility index (Phi) is 4.94. The van der Waals surface area contributed by atoms with Gasteiger partial charge >= 0.3 is 0 Å². The van der Waals surface area contributed by atoms with Crippen LogP contribution in [0.4, 0.5) is 5.82 Å². The summed E-state index contributed by atoms with van der Waals surface area (Å²) < 4.78 is 0. The summed E-state index contributed by atoms with van der Waals surface area (Å²) in [5.74, 6) is 0.761. The van der Waals surface area contributed by atoms with Gasteiger partial charge in [0.15, 0.2) is 0 Å². The van der Waals surface area contributed by atoms with Crippen molar-refractivity contribution in [2.75, 3.05) is 31.1 Å². The number of pyridine rings is 2. The first-order chi connectivity index (χ1) is 12.1. The van der Waals surface area contributed by atoms with E-state index in [1.165, 1.54) is 0 Å². The quantitative estimate of drug-likeness (QED) is 0.842. The number of carbonyl (C=O) groups is 1. The average molecular weight is 335 g/mol. The zero-order chi connectivity index (χ0) is 17.8. The second-order valence-electron chi connectivity index (χ2n) is 6.26. The fourth-order valence-corrected chi connectivity index (χ4v) is 3.19. The van der Waals surface area contributed by atoms with Crippen molar-refractivity contribution < 1.29 is 4.79 Å². The minimum atomic E-state index is 0.0261. The fraction of sp³-hybridized carbons (Fsp3) is 0.368. The Labute approximate surface area is 147 Å². The Morgan fingerprint density at radius 1 is 1.16 bits per heavy atom. The van der Waals surface area contributed by atoms with E-state index in [1.807, 2.05) is 24.8 Å². The van der Waals surface area contributed by atoms with Crippen molar-refractivity contribution in [2.45, 2.75) is 20.3 Å². The lowest BCUT2D eigenvalue weighted by atomic mass is 10.1. The lowest BCUT2D eigenvalue weighted by Gasteiger charge is -2.24. The molecular formula is C19H21N5O. The highest BCUT2D eigenvalue weighted by atomic mass is 16.2. The van der Waals surface area contributed by atoms with Crippen LogP contribution >= 0.6 is 0 Å². The topological polar surface area (TPSA) is 73.1 Å². The first-order valence-corrected chi connectivity index (χ1v) is 8.42. The lowest BCUT2D eigenvalue weighted by molar-refractivity contribution is 0.0767. The van der Waals surface area contributed by atoms with Crippen LogP contribution in [-0.2, 0) is 0 Å². The number of aryl methyl sites for hydroxylation is 2. The van der Waals surface area contributed by atoms with Crippen LogP contribution in [0.5, 0.6) is 0 Å². The highest BCUT2D eigenvalue weighted by molar-refractivity contribution is 5.94. The Morgan fingerprint density at radius 2 is 1.92 bits per heavy atom.